The van der Waals surface area contributed by atoms with Crippen LogP contribution in [0.2, 0.25) is 0 Å². The highest BCUT2D eigenvalue weighted by Gasteiger charge is 2.31. The van der Waals surface area contributed by atoms with Crippen molar-refractivity contribution in [2.24, 2.45) is 5.92 Å². The summed E-state index contributed by atoms with van der Waals surface area (Å²) in [7, 11) is 0. The molecule has 0 aromatic rings. The van der Waals surface area contributed by atoms with Crippen molar-refractivity contribution in [3.63, 3.8) is 0 Å². The van der Waals surface area contributed by atoms with Gasteiger partial charge < -0.3 is 14.5 Å². The molecule has 1 saturated carbocycles. The molecule has 0 N–H and O–H groups in total. The molecule has 2 amide bonds. The van der Waals surface area contributed by atoms with Crippen molar-refractivity contribution in [3.8, 4) is 0 Å². The lowest BCUT2D eigenvalue weighted by molar-refractivity contribution is -0.144. The number of nitrogens with zero attached hydrogens (tertiary/aromatic N) is 2. The van der Waals surface area contributed by atoms with Crippen LogP contribution in [-0.4, -0.2) is 60.5 Å². The molecule has 2 heterocycles. The summed E-state index contributed by atoms with van der Waals surface area (Å²) < 4.78 is 5.79. The van der Waals surface area contributed by atoms with Gasteiger partial charge in [0.05, 0.1) is 6.10 Å². The largest absolute Gasteiger partial charge is 0.368 e. The average molecular weight is 322 g/mol. The van der Waals surface area contributed by atoms with Gasteiger partial charge in [0.1, 0.15) is 6.61 Å². The summed E-state index contributed by atoms with van der Waals surface area (Å²) in [6.07, 6.45) is 10.1. The fourth-order valence-corrected chi connectivity index (χ4v) is 4.08. The van der Waals surface area contributed by atoms with Crippen LogP contribution in [0.1, 0.15) is 57.8 Å². The maximum absolute atomic E-state index is 12.4. The van der Waals surface area contributed by atoms with Crippen LogP contribution >= 0.6 is 0 Å². The van der Waals surface area contributed by atoms with E-state index >= 15 is 0 Å². The number of piperidine rings is 1. The first-order valence-corrected chi connectivity index (χ1v) is 9.42. The number of carbonyl (C=O) groups excluding carboxylic acids is 2. The molecule has 130 valence electrons. The van der Waals surface area contributed by atoms with Crippen molar-refractivity contribution < 1.29 is 14.3 Å². The normalized spacial score (nSPS) is 24.2. The van der Waals surface area contributed by atoms with Crippen molar-refractivity contribution in [1.29, 1.82) is 0 Å². The van der Waals surface area contributed by atoms with Gasteiger partial charge in [-0.15, -0.1) is 0 Å². The molecule has 0 unspecified atom stereocenters. The van der Waals surface area contributed by atoms with Gasteiger partial charge in [-0.05, 0) is 38.5 Å². The third-order valence-electron chi connectivity index (χ3n) is 5.61. The second kappa shape index (κ2) is 8.13. The van der Waals surface area contributed by atoms with Crippen molar-refractivity contribution in [2.45, 2.75) is 63.9 Å². The molecule has 0 radical (unpaired) electrons. The zero-order chi connectivity index (χ0) is 16.1. The highest BCUT2D eigenvalue weighted by molar-refractivity contribution is 5.80. The minimum Gasteiger partial charge on any atom is -0.368 e. The maximum Gasteiger partial charge on any atom is 0.248 e. The molecule has 2 aliphatic heterocycles. The standard InChI is InChI=1S/C18H30N2O3/c21-17(14-23-16-6-2-1-3-7-16)19-12-8-15(9-13-19)18(22)20-10-4-5-11-20/h15-16H,1-14H2. The predicted octanol–water partition coefficient (Wildman–Crippen LogP) is 2.20. The van der Waals surface area contributed by atoms with Gasteiger partial charge in [0.2, 0.25) is 11.8 Å². The van der Waals surface area contributed by atoms with E-state index in [1.165, 1.54) is 19.3 Å². The van der Waals surface area contributed by atoms with Gasteiger partial charge in [0, 0.05) is 32.1 Å². The van der Waals surface area contributed by atoms with Crippen molar-refractivity contribution in [1.82, 2.24) is 9.80 Å². The van der Waals surface area contributed by atoms with Gasteiger partial charge in [-0.1, -0.05) is 19.3 Å². The molecule has 0 aromatic heterocycles. The minimum atomic E-state index is 0.0997. The van der Waals surface area contributed by atoms with E-state index in [1.54, 1.807) is 0 Å². The van der Waals surface area contributed by atoms with E-state index in [0.717, 1.165) is 51.6 Å². The first-order valence-electron chi connectivity index (χ1n) is 9.42. The Balaban J connectivity index is 1.37. The first-order chi connectivity index (χ1) is 11.2. The van der Waals surface area contributed by atoms with Crippen LogP contribution in [0.25, 0.3) is 0 Å². The molecule has 2 saturated heterocycles. The molecular weight excluding hydrogens is 292 g/mol. The Hall–Kier alpha value is -1.10. The van der Waals surface area contributed by atoms with Crippen LogP contribution in [0.4, 0.5) is 0 Å². The van der Waals surface area contributed by atoms with Crippen LogP contribution in [0.3, 0.4) is 0 Å². The average Bonchev–Trinajstić information content (AvgIpc) is 3.15. The predicted molar refractivity (Wildman–Crippen MR) is 87.9 cm³/mol. The Kier molecular flexibility index (Phi) is 5.92. The smallest absolute Gasteiger partial charge is 0.248 e. The van der Waals surface area contributed by atoms with Gasteiger partial charge in [-0.25, -0.2) is 0 Å². The van der Waals surface area contributed by atoms with E-state index in [-0.39, 0.29) is 24.5 Å². The number of hydrogen-bond acceptors (Lipinski definition) is 3. The third-order valence-corrected chi connectivity index (χ3v) is 5.61. The Labute approximate surface area is 139 Å². The summed E-state index contributed by atoms with van der Waals surface area (Å²) in [5.74, 6) is 0.534. The number of amides is 2. The molecule has 3 fully saturated rings. The molecule has 3 aliphatic rings. The summed E-state index contributed by atoms with van der Waals surface area (Å²) >= 11 is 0. The summed E-state index contributed by atoms with van der Waals surface area (Å²) in [5.41, 5.74) is 0. The maximum atomic E-state index is 12.4. The molecule has 5 heteroatoms. The van der Waals surface area contributed by atoms with Crippen LogP contribution in [-0.2, 0) is 14.3 Å². The molecule has 5 nitrogen and oxygen atoms in total. The second-order valence-corrected chi connectivity index (χ2v) is 7.26. The number of carbonyl (C=O) groups is 2. The molecule has 0 atom stereocenters. The number of likely N-dealkylation sites (tertiary alicyclic amines) is 2. The minimum absolute atomic E-state index is 0.0997. The van der Waals surface area contributed by atoms with Gasteiger partial charge in [-0.2, -0.15) is 0 Å². The van der Waals surface area contributed by atoms with Crippen molar-refractivity contribution in [3.05, 3.63) is 0 Å². The molecular formula is C18H30N2O3. The van der Waals surface area contributed by atoms with Crippen LogP contribution in [0, 0.1) is 5.92 Å². The lowest BCUT2D eigenvalue weighted by Crippen LogP contribution is -2.45. The summed E-state index contributed by atoms with van der Waals surface area (Å²) in [6.45, 7) is 3.48. The third kappa shape index (κ3) is 4.46. The highest BCUT2D eigenvalue weighted by atomic mass is 16.5. The summed E-state index contributed by atoms with van der Waals surface area (Å²) in [6, 6.07) is 0. The lowest BCUT2D eigenvalue weighted by Gasteiger charge is -2.33. The van der Waals surface area contributed by atoms with Crippen LogP contribution < -0.4 is 0 Å². The zero-order valence-electron chi connectivity index (χ0n) is 14.2. The molecule has 1 aliphatic carbocycles. The second-order valence-electron chi connectivity index (χ2n) is 7.26. The first kappa shape index (κ1) is 16.7. The van der Waals surface area contributed by atoms with Gasteiger partial charge in [0.25, 0.3) is 0 Å². The van der Waals surface area contributed by atoms with Gasteiger partial charge in [-0.3, -0.25) is 9.59 Å². The molecule has 0 bridgehead atoms. The summed E-state index contributed by atoms with van der Waals surface area (Å²) in [5, 5.41) is 0. The fraction of sp³-hybridized carbons (Fsp3) is 0.889. The quantitative estimate of drug-likeness (QED) is 0.797. The molecule has 0 aromatic carbocycles. The topological polar surface area (TPSA) is 49.9 Å². The Morgan fingerprint density at radius 3 is 2.09 bits per heavy atom. The SMILES string of the molecule is O=C(COC1CCCCC1)N1CCC(C(=O)N2CCCC2)CC1. The highest BCUT2D eigenvalue weighted by Crippen LogP contribution is 2.23. The molecule has 0 spiro atoms. The molecule has 3 rings (SSSR count). The van der Waals surface area contributed by atoms with E-state index in [4.69, 9.17) is 4.74 Å². The fourth-order valence-electron chi connectivity index (χ4n) is 4.08. The Morgan fingerprint density at radius 2 is 1.43 bits per heavy atom. The van der Waals surface area contributed by atoms with E-state index in [0.29, 0.717) is 19.0 Å². The Morgan fingerprint density at radius 1 is 0.783 bits per heavy atom. The monoisotopic (exact) mass is 322 g/mol. The Bertz CT molecular complexity index is 406. The van der Waals surface area contributed by atoms with E-state index < -0.39 is 0 Å². The van der Waals surface area contributed by atoms with Crippen molar-refractivity contribution >= 4 is 11.8 Å². The zero-order valence-corrected chi connectivity index (χ0v) is 14.2. The lowest BCUT2D eigenvalue weighted by atomic mass is 9.95. The van der Waals surface area contributed by atoms with E-state index in [9.17, 15) is 9.59 Å². The van der Waals surface area contributed by atoms with Gasteiger partial charge >= 0.3 is 0 Å². The number of rotatable bonds is 4. The number of ether oxygens (including phenoxy) is 1. The summed E-state index contributed by atoms with van der Waals surface area (Å²) in [4.78, 5) is 28.6. The molecule has 23 heavy (non-hydrogen) atoms. The van der Waals surface area contributed by atoms with E-state index in [1.807, 2.05) is 9.80 Å². The van der Waals surface area contributed by atoms with Crippen LogP contribution in [0.5, 0.6) is 0 Å². The number of hydrogen-bond donors (Lipinski definition) is 0. The van der Waals surface area contributed by atoms with Crippen molar-refractivity contribution in [2.75, 3.05) is 32.8 Å². The van der Waals surface area contributed by atoms with E-state index in [2.05, 4.69) is 0 Å². The van der Waals surface area contributed by atoms with Gasteiger partial charge in [0.15, 0.2) is 0 Å². The van der Waals surface area contributed by atoms with Crippen LogP contribution in [0.15, 0.2) is 0 Å².